The number of nitrogens with one attached hydrogen (secondary N) is 3. The Morgan fingerprint density at radius 1 is 0.654 bits per heavy atom. The summed E-state index contributed by atoms with van der Waals surface area (Å²) < 4.78 is 0. The summed E-state index contributed by atoms with van der Waals surface area (Å²) in [6.45, 7) is 22.5. The average Bonchev–Trinajstić information content (AvgIpc) is 2.54. The Labute approximate surface area is 159 Å². The molecule has 26 heavy (non-hydrogen) atoms. The lowest BCUT2D eigenvalue weighted by atomic mass is 9.85. The van der Waals surface area contributed by atoms with Crippen molar-refractivity contribution < 1.29 is 10.4 Å². The molecule has 0 radical (unpaired) electrons. The van der Waals surface area contributed by atoms with Crippen LogP contribution < -0.4 is 16.0 Å². The third-order valence-electron chi connectivity index (χ3n) is 5.07. The van der Waals surface area contributed by atoms with Gasteiger partial charge in [0, 0.05) is 30.6 Å². The molecule has 0 unspecified atom stereocenters. The molecule has 154 valence electrons. The van der Waals surface area contributed by atoms with E-state index in [1.807, 2.05) is 27.7 Å². The zero-order valence-electron chi connectivity index (χ0n) is 18.4. The molecule has 0 rings (SSSR count). The van der Waals surface area contributed by atoms with Crippen molar-refractivity contribution in [2.75, 3.05) is 19.6 Å². The standard InChI is InChI=1S/C19H41N5O2/c1-14(23-25)17(6,7)21-12-19(10,11-20-16(3,4)5)13-22-18(8,9)15(2)24-26/h20-22,25-26H,11-13H2,1-10H3/b23-14+,24-15+. The fraction of sp³-hybridized carbons (Fsp3) is 0.895. The molecule has 0 aliphatic rings. The fourth-order valence-corrected chi connectivity index (χ4v) is 2.04. The van der Waals surface area contributed by atoms with Gasteiger partial charge in [-0.05, 0) is 62.3 Å². The monoisotopic (exact) mass is 371 g/mol. The molecular formula is C19H41N5O2. The second kappa shape index (κ2) is 9.15. The van der Waals surface area contributed by atoms with Gasteiger partial charge in [-0.15, -0.1) is 0 Å². The molecule has 0 spiro atoms. The Morgan fingerprint density at radius 2 is 0.962 bits per heavy atom. The van der Waals surface area contributed by atoms with Crippen molar-refractivity contribution in [3.05, 3.63) is 0 Å². The van der Waals surface area contributed by atoms with Crippen LogP contribution in [0.25, 0.3) is 0 Å². The van der Waals surface area contributed by atoms with Crippen LogP contribution in [0, 0.1) is 5.41 Å². The van der Waals surface area contributed by atoms with E-state index in [-0.39, 0.29) is 11.0 Å². The van der Waals surface area contributed by atoms with Gasteiger partial charge in [0.15, 0.2) is 0 Å². The van der Waals surface area contributed by atoms with E-state index in [1.54, 1.807) is 13.8 Å². The van der Waals surface area contributed by atoms with Crippen LogP contribution in [0.15, 0.2) is 10.3 Å². The Kier molecular flexibility index (Phi) is 8.73. The van der Waals surface area contributed by atoms with E-state index in [9.17, 15) is 0 Å². The lowest BCUT2D eigenvalue weighted by molar-refractivity contribution is 0.219. The van der Waals surface area contributed by atoms with Crippen LogP contribution in [0.4, 0.5) is 0 Å². The number of rotatable bonds is 10. The first-order valence-corrected chi connectivity index (χ1v) is 9.22. The maximum Gasteiger partial charge on any atom is 0.0734 e. The molecule has 7 nitrogen and oxygen atoms in total. The molecule has 0 saturated carbocycles. The van der Waals surface area contributed by atoms with E-state index in [2.05, 4.69) is 54.0 Å². The van der Waals surface area contributed by atoms with Crippen molar-refractivity contribution in [2.24, 2.45) is 15.7 Å². The molecule has 7 heteroatoms. The van der Waals surface area contributed by atoms with Gasteiger partial charge >= 0.3 is 0 Å². The zero-order chi connectivity index (χ0) is 20.8. The first kappa shape index (κ1) is 24.8. The van der Waals surface area contributed by atoms with Crippen molar-refractivity contribution in [1.29, 1.82) is 0 Å². The first-order valence-electron chi connectivity index (χ1n) is 9.22. The Bertz CT molecular complexity index is 471. The van der Waals surface area contributed by atoms with E-state index in [1.165, 1.54) is 0 Å². The topological polar surface area (TPSA) is 101 Å². The average molecular weight is 372 g/mol. The number of hydrogen-bond donors (Lipinski definition) is 5. The largest absolute Gasteiger partial charge is 0.411 e. The molecular weight excluding hydrogens is 330 g/mol. The maximum atomic E-state index is 9.09. The van der Waals surface area contributed by atoms with Crippen molar-refractivity contribution in [1.82, 2.24) is 16.0 Å². The predicted octanol–water partition coefficient (Wildman–Crippen LogP) is 2.82. The summed E-state index contributed by atoms with van der Waals surface area (Å²) in [4.78, 5) is 0. The Balaban J connectivity index is 5.24. The molecule has 0 fully saturated rings. The summed E-state index contributed by atoms with van der Waals surface area (Å²) in [5, 5.41) is 35.5. The van der Waals surface area contributed by atoms with E-state index in [0.29, 0.717) is 24.5 Å². The van der Waals surface area contributed by atoms with Crippen LogP contribution in [-0.2, 0) is 0 Å². The molecule has 0 amide bonds. The Morgan fingerprint density at radius 3 is 1.23 bits per heavy atom. The second-order valence-electron chi connectivity index (χ2n) is 9.74. The highest BCUT2D eigenvalue weighted by atomic mass is 16.4. The molecule has 0 aromatic rings. The van der Waals surface area contributed by atoms with E-state index in [0.717, 1.165) is 6.54 Å². The molecule has 0 bridgehead atoms. The quantitative estimate of drug-likeness (QED) is 0.231. The van der Waals surface area contributed by atoms with E-state index in [4.69, 9.17) is 10.4 Å². The summed E-state index contributed by atoms with van der Waals surface area (Å²) in [5.41, 5.74) is 0.357. The highest BCUT2D eigenvalue weighted by molar-refractivity contribution is 5.90. The van der Waals surface area contributed by atoms with E-state index < -0.39 is 11.1 Å². The maximum absolute atomic E-state index is 9.09. The predicted molar refractivity (Wildman–Crippen MR) is 110 cm³/mol. The van der Waals surface area contributed by atoms with Crippen LogP contribution >= 0.6 is 0 Å². The van der Waals surface area contributed by atoms with Gasteiger partial charge in [0.2, 0.25) is 0 Å². The third-order valence-corrected chi connectivity index (χ3v) is 5.07. The van der Waals surface area contributed by atoms with Crippen molar-refractivity contribution >= 4 is 11.4 Å². The van der Waals surface area contributed by atoms with Crippen molar-refractivity contribution in [2.45, 2.75) is 85.9 Å². The van der Waals surface area contributed by atoms with Gasteiger partial charge in [-0.25, -0.2) is 0 Å². The SMILES string of the molecule is C/C(=N\O)C(C)(C)NCC(C)(CNC(C)(C)C)CNC(C)(C)/C(C)=N/O. The molecule has 0 aliphatic heterocycles. The highest BCUT2D eigenvalue weighted by Gasteiger charge is 2.33. The van der Waals surface area contributed by atoms with Crippen molar-refractivity contribution in [3.63, 3.8) is 0 Å². The summed E-state index contributed by atoms with van der Waals surface area (Å²) in [6.07, 6.45) is 0. The molecule has 0 heterocycles. The minimum atomic E-state index is -0.407. The van der Waals surface area contributed by atoms with Gasteiger partial charge in [0.05, 0.1) is 22.5 Å². The van der Waals surface area contributed by atoms with Crippen LogP contribution in [-0.4, -0.2) is 58.1 Å². The number of nitrogens with zero attached hydrogens (tertiary/aromatic N) is 2. The molecule has 0 aromatic carbocycles. The number of hydrogen-bond acceptors (Lipinski definition) is 7. The van der Waals surface area contributed by atoms with Gasteiger partial charge in [0.1, 0.15) is 0 Å². The first-order chi connectivity index (χ1) is 11.6. The van der Waals surface area contributed by atoms with Crippen LogP contribution in [0.3, 0.4) is 0 Å². The summed E-state index contributed by atoms with van der Waals surface area (Å²) in [5.74, 6) is 0. The second-order valence-corrected chi connectivity index (χ2v) is 9.74. The van der Waals surface area contributed by atoms with Gasteiger partial charge in [-0.2, -0.15) is 0 Å². The fourth-order valence-electron chi connectivity index (χ4n) is 2.04. The Hall–Kier alpha value is -1.18. The molecule has 5 N–H and O–H groups in total. The van der Waals surface area contributed by atoms with Crippen LogP contribution in [0.2, 0.25) is 0 Å². The lowest BCUT2D eigenvalue weighted by Gasteiger charge is -2.39. The van der Waals surface area contributed by atoms with Crippen molar-refractivity contribution in [3.8, 4) is 0 Å². The number of oxime groups is 2. The van der Waals surface area contributed by atoms with Gasteiger partial charge in [0.25, 0.3) is 0 Å². The zero-order valence-corrected chi connectivity index (χ0v) is 18.4. The normalized spacial score (nSPS) is 17.3. The third kappa shape index (κ3) is 8.47. The van der Waals surface area contributed by atoms with Gasteiger partial charge in [-0.3, -0.25) is 0 Å². The van der Waals surface area contributed by atoms with Crippen LogP contribution in [0.5, 0.6) is 0 Å². The minimum absolute atomic E-state index is 0.0112. The van der Waals surface area contributed by atoms with Gasteiger partial charge < -0.3 is 26.4 Å². The highest BCUT2D eigenvalue weighted by Crippen LogP contribution is 2.19. The summed E-state index contributed by atoms with van der Waals surface area (Å²) in [6, 6.07) is 0. The van der Waals surface area contributed by atoms with Gasteiger partial charge in [-0.1, -0.05) is 17.2 Å². The summed E-state index contributed by atoms with van der Waals surface area (Å²) in [7, 11) is 0. The smallest absolute Gasteiger partial charge is 0.0734 e. The molecule has 0 saturated heterocycles. The van der Waals surface area contributed by atoms with E-state index >= 15 is 0 Å². The molecule has 0 atom stereocenters. The summed E-state index contributed by atoms with van der Waals surface area (Å²) >= 11 is 0. The van der Waals surface area contributed by atoms with Crippen LogP contribution in [0.1, 0.15) is 69.2 Å². The molecule has 0 aliphatic carbocycles. The lowest BCUT2D eigenvalue weighted by Crippen LogP contribution is -2.58. The molecule has 0 aromatic heterocycles. The minimum Gasteiger partial charge on any atom is -0.411 e.